The van der Waals surface area contributed by atoms with Gasteiger partial charge in [-0.1, -0.05) is 0 Å². The maximum atomic E-state index is 0. The third-order valence-electron chi connectivity index (χ3n) is 0. The van der Waals surface area contributed by atoms with E-state index in [1.165, 1.54) is 0 Å². The summed E-state index contributed by atoms with van der Waals surface area (Å²) >= 11 is 0. The van der Waals surface area contributed by atoms with Crippen molar-refractivity contribution < 1.29 is 63.2 Å². The Morgan fingerprint density at radius 3 is 0.500 bits per heavy atom. The van der Waals surface area contributed by atoms with E-state index in [0.717, 1.165) is 0 Å². The maximum Gasteiger partial charge on any atom is 0 e. The van der Waals surface area contributed by atoms with Gasteiger partial charge in [-0.2, -0.15) is 0 Å². The Kier molecular flexibility index (Phi) is 134. The second-order valence-corrected chi connectivity index (χ2v) is 0. The molecule has 4 heteroatoms. The average Bonchev–Trinajstić information content (AvgIpc) is 0. The van der Waals surface area contributed by atoms with E-state index < -0.39 is 0 Å². The molecular weight excluding hydrogens is 658 g/mol. The zero-order valence-corrected chi connectivity index (χ0v) is 10.4. The van der Waals surface area contributed by atoms with E-state index in [0.29, 0.717) is 0 Å². The van der Waals surface area contributed by atoms with E-state index in [1.54, 1.807) is 0 Å². The smallest absolute Gasteiger partial charge is 0 e. The molecule has 0 N–H and O–H groups in total. The van der Waals surface area contributed by atoms with Gasteiger partial charge in [-0.15, -0.1) is 0 Å². The van der Waals surface area contributed by atoms with Crippen molar-refractivity contribution in [2.45, 2.75) is 0 Å². The molecule has 4 radical (unpaired) electrons. The van der Waals surface area contributed by atoms with Gasteiger partial charge in [0.05, 0.1) is 0 Å². The molecule has 0 aromatic carbocycles. The number of rotatable bonds is 0. The van der Waals surface area contributed by atoms with Crippen molar-refractivity contribution in [2.75, 3.05) is 0 Å². The quantitative estimate of drug-likeness (QED) is 0.312. The molecule has 0 aliphatic rings. The summed E-state index contributed by atoms with van der Waals surface area (Å²) in [6.45, 7) is 0. The van der Waals surface area contributed by atoms with Crippen LogP contribution < -0.4 is 0 Å². The molecule has 0 unspecified atom stereocenters. The van der Waals surface area contributed by atoms with Crippen molar-refractivity contribution in [3.05, 3.63) is 0 Å². The van der Waals surface area contributed by atoms with Crippen molar-refractivity contribution in [3.8, 4) is 0 Å². The average molecular weight is 658 g/mol. The Morgan fingerprint density at radius 2 is 0.500 bits per heavy atom. The molecule has 0 heterocycles. The Bertz CT molecular complexity index is 3.25. The molecule has 0 atom stereocenters. The van der Waals surface area contributed by atoms with Gasteiger partial charge < -0.3 is 0 Å². The SMILES string of the molecule is [Ge].[Pt].[Pt].[Pt]. The molecule has 0 fully saturated rings. The van der Waals surface area contributed by atoms with E-state index in [4.69, 9.17) is 0 Å². The maximum absolute atomic E-state index is 0. The van der Waals surface area contributed by atoms with Crippen LogP contribution in [0, 0.1) is 0 Å². The third kappa shape index (κ3) is 8.82. The van der Waals surface area contributed by atoms with Crippen LogP contribution in [-0.2, 0) is 63.2 Å². The van der Waals surface area contributed by atoms with E-state index in [2.05, 4.69) is 0 Å². The predicted octanol–water partition coefficient (Wildman–Crippen LogP) is -0.388. The second-order valence-electron chi connectivity index (χ2n) is 0. The van der Waals surface area contributed by atoms with Crippen LogP contribution in [0.25, 0.3) is 0 Å². The zero-order valence-electron chi connectivity index (χ0n) is 1.45. The van der Waals surface area contributed by atoms with E-state index in [-0.39, 0.29) is 80.8 Å². The summed E-state index contributed by atoms with van der Waals surface area (Å²) in [5, 5.41) is 0. The summed E-state index contributed by atoms with van der Waals surface area (Å²) in [5.41, 5.74) is 0. The first kappa shape index (κ1) is 30.6. The van der Waals surface area contributed by atoms with E-state index in [9.17, 15) is 0 Å². The van der Waals surface area contributed by atoms with Crippen molar-refractivity contribution in [2.24, 2.45) is 0 Å². The van der Waals surface area contributed by atoms with Crippen LogP contribution in [0.4, 0.5) is 0 Å². The third-order valence-corrected chi connectivity index (χ3v) is 0. The van der Waals surface area contributed by atoms with Gasteiger partial charge in [0.2, 0.25) is 0 Å². The molecule has 0 aromatic heterocycles. The summed E-state index contributed by atoms with van der Waals surface area (Å²) in [6, 6.07) is 0. The topological polar surface area (TPSA) is 0 Å². The van der Waals surface area contributed by atoms with Gasteiger partial charge in [0.15, 0.2) is 0 Å². The molecule has 0 nitrogen and oxygen atoms in total. The first-order chi connectivity index (χ1) is 0. The molecule has 0 aliphatic carbocycles. The van der Waals surface area contributed by atoms with Crippen LogP contribution in [0.5, 0.6) is 0 Å². The molecule has 0 spiro atoms. The Labute approximate surface area is 79.6 Å². The van der Waals surface area contributed by atoms with E-state index >= 15 is 0 Å². The molecule has 34 valence electrons. The van der Waals surface area contributed by atoms with Crippen molar-refractivity contribution >= 4 is 17.6 Å². The Morgan fingerprint density at radius 1 is 0.500 bits per heavy atom. The summed E-state index contributed by atoms with van der Waals surface area (Å²) in [4.78, 5) is 0. The van der Waals surface area contributed by atoms with Crippen LogP contribution in [0.3, 0.4) is 0 Å². The monoisotopic (exact) mass is 659 g/mol. The molecule has 0 saturated carbocycles. The van der Waals surface area contributed by atoms with Gasteiger partial charge in [0.25, 0.3) is 0 Å². The summed E-state index contributed by atoms with van der Waals surface area (Å²) in [5.74, 6) is 0. The largest absolute Gasteiger partial charge is 0 e. The minimum absolute atomic E-state index is 0. The number of hydrogen-bond acceptors (Lipinski definition) is 0. The van der Waals surface area contributed by atoms with Crippen LogP contribution in [0.1, 0.15) is 0 Å². The van der Waals surface area contributed by atoms with Crippen molar-refractivity contribution in [1.29, 1.82) is 0 Å². The van der Waals surface area contributed by atoms with Gasteiger partial charge in [-0.3, -0.25) is 0 Å². The normalized spacial score (nSPS) is 0. The van der Waals surface area contributed by atoms with Crippen molar-refractivity contribution in [3.63, 3.8) is 0 Å². The Balaban J connectivity index is 0. The number of hydrogen-bond donors (Lipinski definition) is 0. The van der Waals surface area contributed by atoms with Crippen LogP contribution in [-0.4, -0.2) is 17.6 Å². The van der Waals surface area contributed by atoms with Gasteiger partial charge >= 0.3 is 0 Å². The molecule has 0 aliphatic heterocycles. The van der Waals surface area contributed by atoms with Crippen molar-refractivity contribution in [1.82, 2.24) is 0 Å². The standard InChI is InChI=1S/Ge.3Pt. The molecular formula is GePt3. The molecule has 0 amide bonds. The molecule has 0 bridgehead atoms. The van der Waals surface area contributed by atoms with Gasteiger partial charge in [0, 0.05) is 80.8 Å². The van der Waals surface area contributed by atoms with Gasteiger partial charge in [-0.25, -0.2) is 0 Å². The first-order valence-electron chi connectivity index (χ1n) is 0. The van der Waals surface area contributed by atoms with Crippen LogP contribution in [0.15, 0.2) is 0 Å². The summed E-state index contributed by atoms with van der Waals surface area (Å²) in [7, 11) is 0. The first-order valence-corrected chi connectivity index (χ1v) is 0. The molecule has 4 heavy (non-hydrogen) atoms. The second kappa shape index (κ2) is 17.5. The Hall–Kier alpha value is 2.61. The summed E-state index contributed by atoms with van der Waals surface area (Å²) < 4.78 is 0. The predicted molar refractivity (Wildman–Crippen MR) is 5.75 cm³/mol. The molecule has 0 rings (SSSR count). The molecule has 0 saturated heterocycles. The molecule has 0 aromatic rings. The fraction of sp³-hybridized carbons (Fsp3) is 0. The van der Waals surface area contributed by atoms with Crippen LogP contribution in [0.2, 0.25) is 0 Å². The van der Waals surface area contributed by atoms with E-state index in [1.807, 2.05) is 0 Å². The van der Waals surface area contributed by atoms with Gasteiger partial charge in [0.1, 0.15) is 0 Å². The zero-order chi connectivity index (χ0) is 0. The fourth-order valence-corrected chi connectivity index (χ4v) is 0. The minimum atomic E-state index is 0. The minimum Gasteiger partial charge on any atom is 0 e. The summed E-state index contributed by atoms with van der Waals surface area (Å²) in [6.07, 6.45) is 0. The fourth-order valence-electron chi connectivity index (χ4n) is 0. The van der Waals surface area contributed by atoms with Gasteiger partial charge in [-0.05, 0) is 0 Å². The van der Waals surface area contributed by atoms with Crippen LogP contribution >= 0.6 is 0 Å².